The van der Waals surface area contributed by atoms with Crippen molar-refractivity contribution in [3.8, 4) is 0 Å². The van der Waals surface area contributed by atoms with Crippen LogP contribution in [0.15, 0.2) is 18.2 Å². The molecule has 0 N–H and O–H groups in total. The van der Waals surface area contributed by atoms with Crippen LogP contribution < -0.4 is 5.46 Å². The van der Waals surface area contributed by atoms with E-state index in [1.165, 1.54) is 30.8 Å². The monoisotopic (exact) mass is 328 g/mol. The van der Waals surface area contributed by atoms with Crippen molar-refractivity contribution in [2.45, 2.75) is 82.1 Å². The Morgan fingerprint density at radius 2 is 1.87 bits per heavy atom. The highest BCUT2D eigenvalue weighted by Crippen LogP contribution is 2.52. The van der Waals surface area contributed by atoms with Crippen molar-refractivity contribution in [2.24, 2.45) is 0 Å². The molecular formula is C19H29BO2Si. The van der Waals surface area contributed by atoms with Crippen molar-refractivity contribution in [1.82, 2.24) is 0 Å². The van der Waals surface area contributed by atoms with Crippen LogP contribution in [0.5, 0.6) is 0 Å². The summed E-state index contributed by atoms with van der Waals surface area (Å²) in [5.41, 5.74) is 4.01. The summed E-state index contributed by atoms with van der Waals surface area (Å²) in [4.78, 5) is 0. The van der Waals surface area contributed by atoms with Crippen LogP contribution in [0.25, 0.3) is 0 Å². The Labute approximate surface area is 143 Å². The Morgan fingerprint density at radius 1 is 1.13 bits per heavy atom. The lowest BCUT2D eigenvalue weighted by atomic mass is 9.76. The average molecular weight is 328 g/mol. The average Bonchev–Trinajstić information content (AvgIpc) is 3.19. The van der Waals surface area contributed by atoms with Gasteiger partial charge in [0.1, 0.15) is 0 Å². The Morgan fingerprint density at radius 3 is 2.61 bits per heavy atom. The molecule has 0 spiro atoms. The molecule has 2 nitrogen and oxygen atoms in total. The van der Waals surface area contributed by atoms with Gasteiger partial charge in [0, 0.05) is 9.52 Å². The lowest BCUT2D eigenvalue weighted by Gasteiger charge is -2.36. The van der Waals surface area contributed by atoms with Crippen LogP contribution in [0.4, 0.5) is 0 Å². The van der Waals surface area contributed by atoms with Crippen molar-refractivity contribution >= 4 is 22.1 Å². The smallest absolute Gasteiger partial charge is 0.399 e. The van der Waals surface area contributed by atoms with E-state index in [1.54, 1.807) is 11.1 Å². The fourth-order valence-electron chi connectivity index (χ4n) is 4.82. The molecular weight excluding hydrogens is 299 g/mol. The minimum atomic E-state index is -0.223. The van der Waals surface area contributed by atoms with Gasteiger partial charge in [-0.25, -0.2) is 0 Å². The summed E-state index contributed by atoms with van der Waals surface area (Å²) in [5.74, 6) is 1.62. The first-order valence-electron chi connectivity index (χ1n) is 9.43. The summed E-state index contributed by atoms with van der Waals surface area (Å²) in [5, 5.41) is 0. The van der Waals surface area contributed by atoms with Crippen LogP contribution in [0.2, 0.25) is 12.6 Å². The lowest BCUT2D eigenvalue weighted by molar-refractivity contribution is -0.0118. The van der Waals surface area contributed by atoms with Crippen LogP contribution in [-0.2, 0) is 9.31 Å². The van der Waals surface area contributed by atoms with Gasteiger partial charge in [-0.15, -0.1) is 0 Å². The fourth-order valence-corrected chi connectivity index (χ4v) is 5.84. The van der Waals surface area contributed by atoms with Crippen molar-refractivity contribution in [2.75, 3.05) is 0 Å². The Balaban J connectivity index is 1.59. The van der Waals surface area contributed by atoms with Gasteiger partial charge < -0.3 is 9.31 Å². The van der Waals surface area contributed by atoms with E-state index in [0.29, 0.717) is 0 Å². The van der Waals surface area contributed by atoms with E-state index in [9.17, 15) is 0 Å². The molecule has 0 radical (unpaired) electrons. The molecule has 2 fully saturated rings. The largest absolute Gasteiger partial charge is 0.494 e. The summed E-state index contributed by atoms with van der Waals surface area (Å²) < 4.78 is 12.9. The van der Waals surface area contributed by atoms with E-state index < -0.39 is 0 Å². The van der Waals surface area contributed by atoms with Crippen LogP contribution in [0.1, 0.15) is 69.4 Å². The summed E-state index contributed by atoms with van der Waals surface area (Å²) in [6, 6.07) is 8.31. The van der Waals surface area contributed by atoms with Gasteiger partial charge in [-0.2, -0.15) is 0 Å². The quantitative estimate of drug-likeness (QED) is 0.789. The summed E-state index contributed by atoms with van der Waals surface area (Å²) in [7, 11) is -0.130. The molecule has 4 heteroatoms. The van der Waals surface area contributed by atoms with Crippen molar-refractivity contribution < 1.29 is 9.31 Å². The molecule has 23 heavy (non-hydrogen) atoms. The Hall–Kier alpha value is -0.578. The molecule has 1 heterocycles. The normalized spacial score (nSPS) is 34.7. The number of hydrogen-bond acceptors (Lipinski definition) is 2. The third kappa shape index (κ3) is 2.45. The number of hydrogen-bond donors (Lipinski definition) is 0. The zero-order chi connectivity index (χ0) is 16.2. The number of fused-ring (bicyclic) bond motifs is 5. The van der Waals surface area contributed by atoms with Gasteiger partial charge in [-0.3, -0.25) is 0 Å². The second-order valence-corrected chi connectivity index (χ2v) is 10.2. The van der Waals surface area contributed by atoms with Crippen LogP contribution >= 0.6 is 0 Å². The highest BCUT2D eigenvalue weighted by Gasteiger charge is 2.54. The minimum Gasteiger partial charge on any atom is -0.399 e. The topological polar surface area (TPSA) is 18.5 Å². The van der Waals surface area contributed by atoms with Gasteiger partial charge in [0.05, 0.1) is 11.2 Å². The third-order valence-corrected chi connectivity index (χ3v) is 7.81. The predicted octanol–water partition coefficient (Wildman–Crippen LogP) is 3.36. The third-order valence-electron chi connectivity index (χ3n) is 6.75. The summed E-state index contributed by atoms with van der Waals surface area (Å²) >= 11 is 0. The second kappa shape index (κ2) is 5.47. The van der Waals surface area contributed by atoms with Crippen LogP contribution in [-0.4, -0.2) is 27.8 Å². The SMILES string of the molecule is C[SiH2]CCC1(C)OB(c2ccc3c(c2)C2CCC3C2)OC1(C)C. The van der Waals surface area contributed by atoms with E-state index in [2.05, 4.69) is 45.5 Å². The Bertz CT molecular complexity index is 617. The highest BCUT2D eigenvalue weighted by molar-refractivity contribution is 6.62. The molecule has 1 aromatic carbocycles. The molecule has 1 aromatic rings. The van der Waals surface area contributed by atoms with E-state index in [4.69, 9.17) is 9.31 Å². The molecule has 1 saturated carbocycles. The minimum absolute atomic E-state index is 0.0667. The van der Waals surface area contributed by atoms with Gasteiger partial charge >= 0.3 is 7.12 Å². The predicted molar refractivity (Wildman–Crippen MR) is 99.6 cm³/mol. The molecule has 0 aromatic heterocycles. The van der Waals surface area contributed by atoms with Crippen molar-refractivity contribution in [3.63, 3.8) is 0 Å². The first-order chi connectivity index (χ1) is 10.9. The molecule has 3 unspecified atom stereocenters. The van der Waals surface area contributed by atoms with E-state index in [1.807, 2.05) is 0 Å². The van der Waals surface area contributed by atoms with Crippen molar-refractivity contribution in [1.29, 1.82) is 0 Å². The summed E-state index contributed by atoms with van der Waals surface area (Å²) in [6.07, 6.45) is 5.25. The molecule has 1 aliphatic heterocycles. The lowest BCUT2D eigenvalue weighted by Crippen LogP contribution is -2.44. The molecule has 4 rings (SSSR count). The zero-order valence-electron chi connectivity index (χ0n) is 15.0. The second-order valence-electron chi connectivity index (χ2n) is 8.51. The molecule has 2 aliphatic carbocycles. The number of rotatable bonds is 4. The molecule has 2 bridgehead atoms. The van der Waals surface area contributed by atoms with Gasteiger partial charge in [0.15, 0.2) is 0 Å². The Kier molecular flexibility index (Phi) is 3.78. The molecule has 1 saturated heterocycles. The highest BCUT2D eigenvalue weighted by atomic mass is 28.2. The fraction of sp³-hybridized carbons (Fsp3) is 0.684. The maximum Gasteiger partial charge on any atom is 0.494 e. The molecule has 3 aliphatic rings. The first kappa shape index (κ1) is 15.9. The molecule has 0 amide bonds. The van der Waals surface area contributed by atoms with E-state index in [0.717, 1.165) is 18.3 Å². The zero-order valence-corrected chi connectivity index (χ0v) is 16.4. The molecule has 124 valence electrons. The van der Waals surface area contributed by atoms with Crippen LogP contribution in [0.3, 0.4) is 0 Å². The van der Waals surface area contributed by atoms with Gasteiger partial charge in [0.25, 0.3) is 0 Å². The first-order valence-corrected chi connectivity index (χ1v) is 11.8. The van der Waals surface area contributed by atoms with Crippen molar-refractivity contribution in [3.05, 3.63) is 29.3 Å². The standard InChI is InChI=1S/C19H29BO2Si/c1-18(2)19(3,9-10-23-4)22-20(21-18)15-7-8-16-13-5-6-14(11-13)17(16)12-15/h7-8,12-14H,5-6,9-11,23H2,1-4H3. The number of benzene rings is 1. The van der Waals surface area contributed by atoms with Gasteiger partial charge in [0.2, 0.25) is 0 Å². The summed E-state index contributed by atoms with van der Waals surface area (Å²) in [6.45, 7) is 9.00. The van der Waals surface area contributed by atoms with Crippen LogP contribution in [0, 0.1) is 0 Å². The van der Waals surface area contributed by atoms with Gasteiger partial charge in [-0.05, 0) is 74.9 Å². The van der Waals surface area contributed by atoms with E-state index in [-0.39, 0.29) is 27.8 Å². The molecule has 3 atom stereocenters. The van der Waals surface area contributed by atoms with Gasteiger partial charge in [-0.1, -0.05) is 30.8 Å². The van der Waals surface area contributed by atoms with E-state index >= 15 is 0 Å². The maximum atomic E-state index is 6.49. The maximum absolute atomic E-state index is 6.49.